The molecule has 1 aromatic heterocycles. The first-order valence-corrected chi connectivity index (χ1v) is 11.7. The summed E-state index contributed by atoms with van der Waals surface area (Å²) in [5.74, 6) is 0.423. The second kappa shape index (κ2) is 9.15. The van der Waals surface area contributed by atoms with Gasteiger partial charge in [-0.05, 0) is 74.6 Å². The Bertz CT molecular complexity index is 1170. The average molecular weight is 468 g/mol. The second-order valence-corrected chi connectivity index (χ2v) is 9.23. The summed E-state index contributed by atoms with van der Waals surface area (Å²) < 4.78 is 11.3. The minimum atomic E-state index is -0.319. The summed E-state index contributed by atoms with van der Waals surface area (Å²) >= 11 is 6.03. The van der Waals surface area contributed by atoms with Crippen molar-refractivity contribution in [3.8, 4) is 11.5 Å². The number of carbonyl (C=O) groups is 2. The Balaban J connectivity index is 1.21. The number of nitrogens with one attached hydrogen (secondary N) is 1. The van der Waals surface area contributed by atoms with Gasteiger partial charge in [-0.2, -0.15) is 0 Å². The molecule has 5 rings (SSSR count). The maximum atomic E-state index is 13.1. The molecule has 2 amide bonds. The summed E-state index contributed by atoms with van der Waals surface area (Å²) in [6.07, 6.45) is 3.88. The number of fused-ring (bicyclic) bond motifs is 1. The number of oxazole rings is 1. The Morgan fingerprint density at radius 1 is 1.12 bits per heavy atom. The van der Waals surface area contributed by atoms with Crippen LogP contribution >= 0.6 is 11.6 Å². The molecule has 2 fully saturated rings. The molecule has 1 aliphatic heterocycles. The molecular weight excluding hydrogens is 442 g/mol. The number of ether oxygens (including phenoxy) is 1. The van der Waals surface area contributed by atoms with E-state index < -0.39 is 0 Å². The van der Waals surface area contributed by atoms with Crippen LogP contribution in [0.25, 0.3) is 22.6 Å². The molecule has 8 heteroatoms. The molecule has 1 aliphatic carbocycles. The molecule has 7 nitrogen and oxygen atoms in total. The number of nitrogens with zero attached hydrogens (tertiary/aromatic N) is 2. The fourth-order valence-electron chi connectivity index (χ4n) is 4.67. The summed E-state index contributed by atoms with van der Waals surface area (Å²) in [6.45, 7) is 0.655. The van der Waals surface area contributed by atoms with Crippen LogP contribution in [0.5, 0.6) is 0 Å². The second-order valence-electron chi connectivity index (χ2n) is 8.80. The molecule has 1 saturated heterocycles. The van der Waals surface area contributed by atoms with E-state index in [1.54, 1.807) is 35.2 Å². The normalized spacial score (nSPS) is 22.5. The van der Waals surface area contributed by atoms with Crippen molar-refractivity contribution in [3.05, 3.63) is 53.1 Å². The van der Waals surface area contributed by atoms with Crippen LogP contribution in [0.1, 0.15) is 42.5 Å². The molecule has 0 radical (unpaired) electrons. The SMILES string of the molecule is CN(C(=O)c1ccc(-c2nc3cc(Cl)ccc3o2)cc1)[C@@H]1CC[C@H](NC(=O)C2CCCO2)C1. The van der Waals surface area contributed by atoms with Crippen molar-refractivity contribution in [3.63, 3.8) is 0 Å². The first kappa shape index (κ1) is 21.9. The van der Waals surface area contributed by atoms with E-state index in [1.165, 1.54) is 0 Å². The number of halogens is 1. The minimum Gasteiger partial charge on any atom is -0.436 e. The summed E-state index contributed by atoms with van der Waals surface area (Å²) in [5.41, 5.74) is 2.75. The predicted octanol–water partition coefficient (Wildman–Crippen LogP) is 4.44. The fraction of sp³-hybridized carbons (Fsp3) is 0.400. The lowest BCUT2D eigenvalue weighted by Crippen LogP contribution is -2.41. The van der Waals surface area contributed by atoms with Gasteiger partial charge in [0.2, 0.25) is 11.8 Å². The standard InChI is InChI=1S/C25H26ClN3O4/c1-29(19-10-9-18(14-19)27-23(30)22-3-2-12-32-22)25(31)16-6-4-15(5-7-16)24-28-20-13-17(26)8-11-21(20)33-24/h4-8,11,13,18-19,22H,2-3,9-10,12,14H2,1H3,(H,27,30)/t18-,19+,22?/m0/s1. The van der Waals surface area contributed by atoms with Gasteiger partial charge in [0.15, 0.2) is 5.58 Å². The molecule has 2 aromatic carbocycles. The smallest absolute Gasteiger partial charge is 0.253 e. The maximum Gasteiger partial charge on any atom is 0.253 e. The fourth-order valence-corrected chi connectivity index (χ4v) is 4.83. The molecule has 3 aromatic rings. The Morgan fingerprint density at radius 2 is 1.94 bits per heavy atom. The van der Waals surface area contributed by atoms with Crippen molar-refractivity contribution in [1.82, 2.24) is 15.2 Å². The zero-order valence-electron chi connectivity index (χ0n) is 18.4. The molecule has 0 bridgehead atoms. The summed E-state index contributed by atoms with van der Waals surface area (Å²) in [4.78, 5) is 31.7. The van der Waals surface area contributed by atoms with Crippen LogP contribution < -0.4 is 5.32 Å². The Labute approximate surface area is 197 Å². The van der Waals surface area contributed by atoms with Crippen molar-refractivity contribution in [2.24, 2.45) is 0 Å². The largest absolute Gasteiger partial charge is 0.436 e. The quantitative estimate of drug-likeness (QED) is 0.599. The van der Waals surface area contributed by atoms with E-state index >= 15 is 0 Å². The number of rotatable bonds is 5. The van der Waals surface area contributed by atoms with Gasteiger partial charge in [0, 0.05) is 41.9 Å². The molecule has 172 valence electrons. The molecule has 3 atom stereocenters. The van der Waals surface area contributed by atoms with E-state index in [1.807, 2.05) is 19.2 Å². The Hall–Kier alpha value is -2.90. The Kier molecular flexibility index (Phi) is 6.08. The maximum absolute atomic E-state index is 13.1. The van der Waals surface area contributed by atoms with Gasteiger partial charge in [-0.3, -0.25) is 9.59 Å². The van der Waals surface area contributed by atoms with Crippen LogP contribution in [0.4, 0.5) is 0 Å². The third-order valence-corrected chi connectivity index (χ3v) is 6.81. The number of benzene rings is 2. The van der Waals surface area contributed by atoms with Crippen molar-refractivity contribution in [1.29, 1.82) is 0 Å². The van der Waals surface area contributed by atoms with Gasteiger partial charge < -0.3 is 19.4 Å². The number of hydrogen-bond donors (Lipinski definition) is 1. The average Bonchev–Trinajstić information content (AvgIpc) is 3.58. The highest BCUT2D eigenvalue weighted by molar-refractivity contribution is 6.31. The molecule has 1 N–H and O–H groups in total. The van der Waals surface area contributed by atoms with Crippen molar-refractivity contribution < 1.29 is 18.7 Å². The van der Waals surface area contributed by atoms with E-state index in [2.05, 4.69) is 10.3 Å². The molecule has 2 aliphatic rings. The van der Waals surface area contributed by atoms with E-state index in [0.717, 1.165) is 37.7 Å². The molecular formula is C25H26ClN3O4. The third kappa shape index (κ3) is 4.61. The van der Waals surface area contributed by atoms with Gasteiger partial charge in [0.05, 0.1) is 0 Å². The number of aromatic nitrogens is 1. The summed E-state index contributed by atoms with van der Waals surface area (Å²) in [6, 6.07) is 12.7. The van der Waals surface area contributed by atoms with Crippen LogP contribution in [0, 0.1) is 0 Å². The minimum absolute atomic E-state index is 0.0239. The van der Waals surface area contributed by atoms with Gasteiger partial charge in [-0.1, -0.05) is 11.6 Å². The number of hydrogen-bond acceptors (Lipinski definition) is 5. The van der Waals surface area contributed by atoms with Crippen LogP contribution in [-0.4, -0.2) is 53.5 Å². The lowest BCUT2D eigenvalue weighted by molar-refractivity contribution is -0.130. The van der Waals surface area contributed by atoms with Crippen molar-refractivity contribution in [2.45, 2.75) is 50.3 Å². The van der Waals surface area contributed by atoms with Crippen molar-refractivity contribution >= 4 is 34.5 Å². The van der Waals surface area contributed by atoms with Gasteiger partial charge in [-0.15, -0.1) is 0 Å². The first-order chi connectivity index (χ1) is 16.0. The van der Waals surface area contributed by atoms with E-state index in [9.17, 15) is 9.59 Å². The van der Waals surface area contributed by atoms with Crippen LogP contribution in [-0.2, 0) is 9.53 Å². The molecule has 33 heavy (non-hydrogen) atoms. The summed E-state index contributed by atoms with van der Waals surface area (Å²) in [5, 5.41) is 3.70. The van der Waals surface area contributed by atoms with Gasteiger partial charge >= 0.3 is 0 Å². The highest BCUT2D eigenvalue weighted by Crippen LogP contribution is 2.28. The number of amides is 2. The van der Waals surface area contributed by atoms with E-state index in [-0.39, 0.29) is 30.0 Å². The van der Waals surface area contributed by atoms with E-state index in [4.69, 9.17) is 20.8 Å². The van der Waals surface area contributed by atoms with E-state index in [0.29, 0.717) is 34.2 Å². The highest BCUT2D eigenvalue weighted by atomic mass is 35.5. The van der Waals surface area contributed by atoms with Crippen LogP contribution in [0.2, 0.25) is 5.02 Å². The van der Waals surface area contributed by atoms with Crippen LogP contribution in [0.15, 0.2) is 46.9 Å². The molecule has 1 saturated carbocycles. The Morgan fingerprint density at radius 3 is 2.70 bits per heavy atom. The molecule has 1 unspecified atom stereocenters. The molecule has 2 heterocycles. The third-order valence-electron chi connectivity index (χ3n) is 6.57. The summed E-state index contributed by atoms with van der Waals surface area (Å²) in [7, 11) is 1.83. The zero-order chi connectivity index (χ0) is 22.9. The predicted molar refractivity (Wildman–Crippen MR) is 125 cm³/mol. The van der Waals surface area contributed by atoms with Gasteiger partial charge in [-0.25, -0.2) is 4.98 Å². The monoisotopic (exact) mass is 467 g/mol. The topological polar surface area (TPSA) is 84.7 Å². The highest BCUT2D eigenvalue weighted by Gasteiger charge is 2.33. The lowest BCUT2D eigenvalue weighted by Gasteiger charge is -2.25. The number of carbonyl (C=O) groups excluding carboxylic acids is 2. The zero-order valence-corrected chi connectivity index (χ0v) is 19.2. The first-order valence-electron chi connectivity index (χ1n) is 11.3. The lowest BCUT2D eigenvalue weighted by atomic mass is 10.1. The van der Waals surface area contributed by atoms with Gasteiger partial charge in [0.25, 0.3) is 5.91 Å². The van der Waals surface area contributed by atoms with Crippen LogP contribution in [0.3, 0.4) is 0 Å². The van der Waals surface area contributed by atoms with Gasteiger partial charge in [0.1, 0.15) is 11.6 Å². The molecule has 0 spiro atoms. The van der Waals surface area contributed by atoms with Crippen molar-refractivity contribution in [2.75, 3.05) is 13.7 Å².